The molecule has 1 heterocycles. The van der Waals surface area contributed by atoms with Crippen LogP contribution in [-0.2, 0) is 0 Å². The van der Waals surface area contributed by atoms with Gasteiger partial charge in [-0.05, 0) is 33.4 Å². The smallest absolute Gasteiger partial charge is 0.0119 e. The molecule has 0 amide bonds. The average Bonchev–Trinajstić information content (AvgIpc) is 1.79. The number of nitrogens with two attached hydrogens (primary N) is 1. The van der Waals surface area contributed by atoms with Gasteiger partial charge in [0.1, 0.15) is 0 Å². The first-order valence-corrected chi connectivity index (χ1v) is 3.66. The Kier molecular flexibility index (Phi) is 2.09. The van der Waals surface area contributed by atoms with Gasteiger partial charge in [0.15, 0.2) is 0 Å². The van der Waals surface area contributed by atoms with Crippen molar-refractivity contribution in [3.05, 3.63) is 0 Å². The van der Waals surface area contributed by atoms with E-state index >= 15 is 0 Å². The normalized spacial score (nSPS) is 31.7. The fourth-order valence-corrected chi connectivity index (χ4v) is 1.30. The Hall–Kier alpha value is -0.0800. The molecular weight excluding hydrogens is 112 g/mol. The molecule has 1 aliphatic heterocycles. The van der Waals surface area contributed by atoms with Gasteiger partial charge in [-0.15, -0.1) is 0 Å². The summed E-state index contributed by atoms with van der Waals surface area (Å²) in [6.07, 6.45) is 2.51. The third kappa shape index (κ3) is 1.66. The molecule has 2 unspecified atom stereocenters. The van der Waals surface area contributed by atoms with E-state index in [0.717, 1.165) is 12.5 Å². The highest BCUT2D eigenvalue weighted by molar-refractivity contribution is 4.81. The van der Waals surface area contributed by atoms with Crippen LogP contribution in [0, 0.1) is 0 Å². The average molecular weight is 128 g/mol. The summed E-state index contributed by atoms with van der Waals surface area (Å²) in [6.45, 7) is 3.34. The van der Waals surface area contributed by atoms with Gasteiger partial charge in [-0.1, -0.05) is 0 Å². The predicted octanol–water partition coefficient (Wildman–Crippen LogP) is 0.428. The van der Waals surface area contributed by atoms with Gasteiger partial charge >= 0.3 is 0 Å². The molecule has 0 aromatic heterocycles. The molecule has 2 N–H and O–H groups in total. The van der Waals surface area contributed by atoms with E-state index in [4.69, 9.17) is 5.73 Å². The molecule has 2 nitrogen and oxygen atoms in total. The van der Waals surface area contributed by atoms with E-state index in [2.05, 4.69) is 18.9 Å². The quantitative estimate of drug-likeness (QED) is 0.584. The van der Waals surface area contributed by atoms with E-state index < -0.39 is 0 Å². The zero-order chi connectivity index (χ0) is 6.85. The van der Waals surface area contributed by atoms with Crippen LogP contribution >= 0.6 is 0 Å². The minimum atomic E-state index is 0.373. The van der Waals surface area contributed by atoms with Gasteiger partial charge in [0.2, 0.25) is 0 Å². The van der Waals surface area contributed by atoms with E-state index in [1.54, 1.807) is 0 Å². The third-order valence-electron chi connectivity index (χ3n) is 2.08. The maximum absolute atomic E-state index is 5.64. The van der Waals surface area contributed by atoms with Crippen molar-refractivity contribution >= 4 is 0 Å². The minimum Gasteiger partial charge on any atom is -0.328 e. The number of hydrogen-bond donors (Lipinski definition) is 1. The molecular formula is C7H16N2. The fraction of sp³-hybridized carbons (Fsp3) is 1.00. The van der Waals surface area contributed by atoms with Gasteiger partial charge in [-0.25, -0.2) is 0 Å². The first-order chi connectivity index (χ1) is 4.20. The van der Waals surface area contributed by atoms with Crippen molar-refractivity contribution < 1.29 is 0 Å². The Morgan fingerprint density at radius 2 is 2.44 bits per heavy atom. The molecule has 1 saturated heterocycles. The molecule has 0 aromatic rings. The second-order valence-corrected chi connectivity index (χ2v) is 3.14. The molecule has 2 atom stereocenters. The van der Waals surface area contributed by atoms with Gasteiger partial charge in [0, 0.05) is 12.1 Å². The lowest BCUT2D eigenvalue weighted by atomic mass is 9.98. The van der Waals surface area contributed by atoms with Crippen LogP contribution in [0.25, 0.3) is 0 Å². The Morgan fingerprint density at radius 3 is 2.56 bits per heavy atom. The fourth-order valence-electron chi connectivity index (χ4n) is 1.30. The van der Waals surface area contributed by atoms with Gasteiger partial charge in [0.25, 0.3) is 0 Å². The van der Waals surface area contributed by atoms with Crippen molar-refractivity contribution in [2.24, 2.45) is 5.73 Å². The highest BCUT2D eigenvalue weighted by atomic mass is 15.2. The van der Waals surface area contributed by atoms with Gasteiger partial charge in [-0.2, -0.15) is 0 Å². The SMILES string of the molecule is CC(N)CC1CCN1C. The van der Waals surface area contributed by atoms with Crippen LogP contribution in [0.4, 0.5) is 0 Å². The highest BCUT2D eigenvalue weighted by Crippen LogP contribution is 2.18. The number of nitrogens with zero attached hydrogens (tertiary/aromatic N) is 1. The molecule has 1 rings (SSSR count). The molecule has 54 valence electrons. The Labute approximate surface area is 57.0 Å². The summed E-state index contributed by atoms with van der Waals surface area (Å²) in [4.78, 5) is 2.36. The van der Waals surface area contributed by atoms with Crippen LogP contribution in [0.5, 0.6) is 0 Å². The third-order valence-corrected chi connectivity index (χ3v) is 2.08. The summed E-state index contributed by atoms with van der Waals surface area (Å²) in [5, 5.41) is 0. The van der Waals surface area contributed by atoms with E-state index in [1.807, 2.05) is 0 Å². The summed E-state index contributed by atoms with van der Waals surface area (Å²) in [5.41, 5.74) is 5.64. The Balaban J connectivity index is 2.13. The lowest BCUT2D eigenvalue weighted by Gasteiger charge is -2.38. The van der Waals surface area contributed by atoms with E-state index in [9.17, 15) is 0 Å². The molecule has 0 radical (unpaired) electrons. The van der Waals surface area contributed by atoms with Crippen molar-refractivity contribution in [1.82, 2.24) is 4.90 Å². The Bertz CT molecular complexity index is 90.9. The molecule has 0 saturated carbocycles. The molecule has 2 heteroatoms. The minimum absolute atomic E-state index is 0.373. The molecule has 0 aromatic carbocycles. The van der Waals surface area contributed by atoms with Crippen LogP contribution in [0.15, 0.2) is 0 Å². The molecule has 9 heavy (non-hydrogen) atoms. The summed E-state index contributed by atoms with van der Waals surface area (Å²) < 4.78 is 0. The molecule has 0 spiro atoms. The van der Waals surface area contributed by atoms with E-state index in [1.165, 1.54) is 13.0 Å². The maximum atomic E-state index is 5.64. The second-order valence-electron chi connectivity index (χ2n) is 3.14. The van der Waals surface area contributed by atoms with Crippen molar-refractivity contribution in [2.75, 3.05) is 13.6 Å². The van der Waals surface area contributed by atoms with E-state index in [-0.39, 0.29) is 0 Å². The molecule has 1 fully saturated rings. The Morgan fingerprint density at radius 1 is 1.78 bits per heavy atom. The zero-order valence-corrected chi connectivity index (χ0v) is 6.30. The number of rotatable bonds is 2. The van der Waals surface area contributed by atoms with Crippen LogP contribution in [0.1, 0.15) is 19.8 Å². The van der Waals surface area contributed by atoms with Crippen LogP contribution in [-0.4, -0.2) is 30.6 Å². The summed E-state index contributed by atoms with van der Waals surface area (Å²) in [5.74, 6) is 0. The lowest BCUT2D eigenvalue weighted by Crippen LogP contribution is -2.47. The van der Waals surface area contributed by atoms with E-state index in [0.29, 0.717) is 6.04 Å². The van der Waals surface area contributed by atoms with Gasteiger partial charge < -0.3 is 10.6 Å². The maximum Gasteiger partial charge on any atom is 0.0119 e. The summed E-state index contributed by atoms with van der Waals surface area (Å²) >= 11 is 0. The standard InChI is InChI=1S/C7H16N2/c1-6(8)5-7-3-4-9(7)2/h6-7H,3-5,8H2,1-2H3. The van der Waals surface area contributed by atoms with Crippen molar-refractivity contribution in [2.45, 2.75) is 31.8 Å². The zero-order valence-electron chi connectivity index (χ0n) is 6.30. The van der Waals surface area contributed by atoms with Crippen LogP contribution in [0.2, 0.25) is 0 Å². The van der Waals surface area contributed by atoms with Crippen LogP contribution < -0.4 is 5.73 Å². The first kappa shape index (κ1) is 7.03. The number of likely N-dealkylation sites (tertiary alicyclic amines) is 1. The van der Waals surface area contributed by atoms with Crippen molar-refractivity contribution in [1.29, 1.82) is 0 Å². The topological polar surface area (TPSA) is 29.3 Å². The van der Waals surface area contributed by atoms with Crippen LogP contribution in [0.3, 0.4) is 0 Å². The van der Waals surface area contributed by atoms with Gasteiger partial charge in [-0.3, -0.25) is 0 Å². The first-order valence-electron chi connectivity index (χ1n) is 3.66. The molecule has 1 aliphatic rings. The largest absolute Gasteiger partial charge is 0.328 e. The van der Waals surface area contributed by atoms with Crippen molar-refractivity contribution in [3.8, 4) is 0 Å². The summed E-state index contributed by atoms with van der Waals surface area (Å²) in [7, 11) is 2.16. The van der Waals surface area contributed by atoms with Gasteiger partial charge in [0.05, 0.1) is 0 Å². The molecule has 0 aliphatic carbocycles. The second kappa shape index (κ2) is 2.67. The predicted molar refractivity (Wildman–Crippen MR) is 39.3 cm³/mol. The monoisotopic (exact) mass is 128 g/mol. The highest BCUT2D eigenvalue weighted by Gasteiger charge is 2.24. The van der Waals surface area contributed by atoms with Crippen molar-refractivity contribution in [3.63, 3.8) is 0 Å². The number of hydrogen-bond acceptors (Lipinski definition) is 2. The lowest BCUT2D eigenvalue weighted by molar-refractivity contribution is 0.113. The molecule has 0 bridgehead atoms. The summed E-state index contributed by atoms with van der Waals surface area (Å²) in [6, 6.07) is 1.16.